The summed E-state index contributed by atoms with van der Waals surface area (Å²) >= 11 is 0. The number of unbranched alkanes of at least 4 members (excludes halogenated alkanes) is 20. The van der Waals surface area contributed by atoms with E-state index in [1.165, 1.54) is 147 Å². The van der Waals surface area contributed by atoms with E-state index in [9.17, 15) is 0 Å². The first-order valence-corrected chi connectivity index (χ1v) is 13.1. The summed E-state index contributed by atoms with van der Waals surface area (Å²) in [5.41, 5.74) is 1.40. The lowest BCUT2D eigenvalue weighted by Crippen LogP contribution is -1.86. The van der Waals surface area contributed by atoms with Gasteiger partial charge in [0.15, 0.2) is 0 Å². The molecule has 28 heavy (non-hydrogen) atoms. The molecule has 0 amide bonds. The molecule has 164 valence electrons. The Hall–Kier alpha value is -0.720. The Kier molecular flexibility index (Phi) is 19.0. The molecule has 1 heteroatoms. The quantitative estimate of drug-likeness (QED) is 0.190. The number of hydrogen-bond donors (Lipinski definition) is 1. The maximum atomic E-state index is 3.30. The van der Waals surface area contributed by atoms with Crippen molar-refractivity contribution in [2.75, 3.05) is 0 Å². The molecule has 0 saturated carbocycles. The van der Waals surface area contributed by atoms with Gasteiger partial charge < -0.3 is 4.98 Å². The molecule has 0 radical (unpaired) electrons. The predicted octanol–water partition coefficient (Wildman–Crippen LogP) is 9.77. The van der Waals surface area contributed by atoms with Gasteiger partial charge in [0, 0.05) is 11.9 Å². The Balaban J connectivity index is 1.64. The highest BCUT2D eigenvalue weighted by molar-refractivity contribution is 5.03. The van der Waals surface area contributed by atoms with Crippen molar-refractivity contribution in [1.29, 1.82) is 0 Å². The maximum Gasteiger partial charge on any atom is 0.0147 e. The fraction of sp³-hybridized carbons (Fsp3) is 0.852. The van der Waals surface area contributed by atoms with Gasteiger partial charge in [-0.1, -0.05) is 135 Å². The van der Waals surface area contributed by atoms with Crippen LogP contribution in [0.25, 0.3) is 0 Å². The minimum atomic E-state index is 1.23. The molecule has 1 N–H and O–H groups in total. The first-order chi connectivity index (χ1) is 13.9. The van der Waals surface area contributed by atoms with E-state index in [4.69, 9.17) is 0 Å². The number of rotatable bonds is 22. The van der Waals surface area contributed by atoms with Crippen LogP contribution < -0.4 is 0 Å². The van der Waals surface area contributed by atoms with E-state index < -0.39 is 0 Å². The fourth-order valence-electron chi connectivity index (χ4n) is 4.27. The largest absolute Gasteiger partial charge is 0.365 e. The first kappa shape index (κ1) is 25.3. The lowest BCUT2D eigenvalue weighted by atomic mass is 10.0. The van der Waals surface area contributed by atoms with Gasteiger partial charge in [-0.25, -0.2) is 0 Å². The molecule has 1 aromatic heterocycles. The van der Waals surface area contributed by atoms with Crippen molar-refractivity contribution < 1.29 is 0 Å². The molecule has 0 spiro atoms. The number of nitrogens with one attached hydrogen (secondary N) is 1. The van der Waals surface area contributed by atoms with E-state index in [-0.39, 0.29) is 0 Å². The van der Waals surface area contributed by atoms with Crippen molar-refractivity contribution in [3.8, 4) is 0 Å². The van der Waals surface area contributed by atoms with E-state index in [0.29, 0.717) is 0 Å². The Morgan fingerprint density at radius 1 is 0.500 bits per heavy atom. The molecule has 0 atom stereocenters. The summed E-state index contributed by atoms with van der Waals surface area (Å²) < 4.78 is 0. The molecule has 0 aliphatic heterocycles. The molecular formula is C27H51N. The second-order valence-electron chi connectivity index (χ2n) is 9.02. The zero-order chi connectivity index (χ0) is 20.0. The fourth-order valence-corrected chi connectivity index (χ4v) is 4.27. The van der Waals surface area contributed by atoms with Crippen LogP contribution in [0, 0.1) is 0 Å². The number of hydrogen-bond acceptors (Lipinski definition) is 0. The molecule has 0 aliphatic carbocycles. The van der Waals surface area contributed by atoms with Crippen LogP contribution in [0.4, 0.5) is 0 Å². The number of H-pyrrole nitrogens is 1. The van der Waals surface area contributed by atoms with Gasteiger partial charge in [-0.15, -0.1) is 0 Å². The van der Waals surface area contributed by atoms with Gasteiger partial charge in [-0.3, -0.25) is 0 Å². The second kappa shape index (κ2) is 21.0. The standard InChI is InChI=1S/C27H51N/c1-2-3-4-5-6-7-8-9-10-11-12-13-14-15-16-17-18-19-20-21-22-24-27-25-23-26-28-27/h23,25-26,28H,2-22,24H2,1H3. The minimum absolute atomic E-state index is 1.23. The number of aromatic nitrogens is 1. The molecule has 0 fully saturated rings. The van der Waals surface area contributed by atoms with Crippen LogP contribution in [-0.4, -0.2) is 4.98 Å². The maximum absolute atomic E-state index is 3.30. The van der Waals surface area contributed by atoms with E-state index in [1.54, 1.807) is 0 Å². The van der Waals surface area contributed by atoms with Crippen LogP contribution in [-0.2, 0) is 6.42 Å². The van der Waals surface area contributed by atoms with Crippen molar-refractivity contribution in [2.24, 2.45) is 0 Å². The highest BCUT2D eigenvalue weighted by Gasteiger charge is 1.96. The third-order valence-electron chi connectivity index (χ3n) is 6.21. The van der Waals surface area contributed by atoms with Crippen LogP contribution in [0.1, 0.15) is 147 Å². The van der Waals surface area contributed by atoms with E-state index >= 15 is 0 Å². The molecule has 1 heterocycles. The first-order valence-electron chi connectivity index (χ1n) is 13.1. The lowest BCUT2D eigenvalue weighted by Gasteiger charge is -2.04. The molecule has 0 aliphatic rings. The number of aromatic amines is 1. The third kappa shape index (κ3) is 17.4. The van der Waals surface area contributed by atoms with Crippen molar-refractivity contribution in [3.05, 3.63) is 24.0 Å². The van der Waals surface area contributed by atoms with Gasteiger partial charge in [0.1, 0.15) is 0 Å². The van der Waals surface area contributed by atoms with Crippen LogP contribution in [0.2, 0.25) is 0 Å². The van der Waals surface area contributed by atoms with Crippen LogP contribution in [0.5, 0.6) is 0 Å². The van der Waals surface area contributed by atoms with Gasteiger partial charge >= 0.3 is 0 Å². The van der Waals surface area contributed by atoms with Crippen molar-refractivity contribution >= 4 is 0 Å². The smallest absolute Gasteiger partial charge is 0.0147 e. The minimum Gasteiger partial charge on any atom is -0.365 e. The average Bonchev–Trinajstić information content (AvgIpc) is 3.22. The van der Waals surface area contributed by atoms with Crippen LogP contribution in [0.3, 0.4) is 0 Å². The lowest BCUT2D eigenvalue weighted by molar-refractivity contribution is 0.520. The molecule has 1 rings (SSSR count). The van der Waals surface area contributed by atoms with Gasteiger partial charge in [0.05, 0.1) is 0 Å². The summed E-state index contributed by atoms with van der Waals surface area (Å²) in [5, 5.41) is 0. The molecule has 1 nitrogen and oxygen atoms in total. The normalized spacial score (nSPS) is 11.3. The second-order valence-corrected chi connectivity index (χ2v) is 9.02. The Morgan fingerprint density at radius 2 is 0.857 bits per heavy atom. The molecule has 0 saturated heterocycles. The monoisotopic (exact) mass is 389 g/mol. The van der Waals surface area contributed by atoms with E-state index in [1.807, 2.05) is 6.20 Å². The molecule has 1 aromatic rings. The predicted molar refractivity (Wildman–Crippen MR) is 127 cm³/mol. The summed E-state index contributed by atoms with van der Waals surface area (Å²) in [4.78, 5) is 3.30. The molecule has 0 aromatic carbocycles. The van der Waals surface area contributed by atoms with Gasteiger partial charge in [-0.05, 0) is 25.0 Å². The molecule has 0 bridgehead atoms. The highest BCUT2D eigenvalue weighted by atomic mass is 14.7. The zero-order valence-electron chi connectivity index (χ0n) is 19.3. The zero-order valence-corrected chi connectivity index (χ0v) is 19.3. The van der Waals surface area contributed by atoms with Crippen molar-refractivity contribution in [3.63, 3.8) is 0 Å². The topological polar surface area (TPSA) is 15.8 Å². The van der Waals surface area contributed by atoms with Crippen LogP contribution >= 0.6 is 0 Å². The Labute approximate surface area is 177 Å². The Morgan fingerprint density at radius 3 is 1.18 bits per heavy atom. The summed E-state index contributed by atoms with van der Waals surface area (Å²) in [6, 6.07) is 4.31. The third-order valence-corrected chi connectivity index (χ3v) is 6.21. The van der Waals surface area contributed by atoms with Gasteiger partial charge in [0.25, 0.3) is 0 Å². The van der Waals surface area contributed by atoms with Crippen molar-refractivity contribution in [1.82, 2.24) is 4.98 Å². The van der Waals surface area contributed by atoms with Gasteiger partial charge in [-0.2, -0.15) is 0 Å². The molecular weight excluding hydrogens is 338 g/mol. The van der Waals surface area contributed by atoms with E-state index in [0.717, 1.165) is 0 Å². The van der Waals surface area contributed by atoms with E-state index in [2.05, 4.69) is 24.0 Å². The average molecular weight is 390 g/mol. The summed E-state index contributed by atoms with van der Waals surface area (Å²) in [7, 11) is 0. The van der Waals surface area contributed by atoms with Gasteiger partial charge in [0.2, 0.25) is 0 Å². The Bertz CT molecular complexity index is 381. The van der Waals surface area contributed by atoms with Crippen LogP contribution in [0.15, 0.2) is 18.3 Å². The summed E-state index contributed by atoms with van der Waals surface area (Å²) in [6.45, 7) is 2.30. The SMILES string of the molecule is CCCCCCCCCCCCCCCCCCCCCCCc1ccc[nH]1. The summed E-state index contributed by atoms with van der Waals surface area (Å²) in [6.07, 6.45) is 33.9. The number of aryl methyl sites for hydroxylation is 1. The summed E-state index contributed by atoms with van der Waals surface area (Å²) in [5.74, 6) is 0. The molecule has 0 unspecified atom stereocenters. The van der Waals surface area contributed by atoms with Crippen molar-refractivity contribution in [2.45, 2.75) is 148 Å². The highest BCUT2D eigenvalue weighted by Crippen LogP contribution is 2.15.